The molecule has 0 bridgehead atoms. The first kappa shape index (κ1) is 14.7. The molecule has 21 heavy (non-hydrogen) atoms. The van der Waals surface area contributed by atoms with Crippen LogP contribution in [0.2, 0.25) is 0 Å². The third-order valence-corrected chi connectivity index (χ3v) is 3.24. The summed E-state index contributed by atoms with van der Waals surface area (Å²) in [5, 5.41) is 12.9. The van der Waals surface area contributed by atoms with Gasteiger partial charge in [-0.25, -0.2) is 4.79 Å². The summed E-state index contributed by atoms with van der Waals surface area (Å²) >= 11 is 0. The maximum atomic E-state index is 12.5. The normalized spacial score (nSPS) is 12.0. The van der Waals surface area contributed by atoms with Crippen molar-refractivity contribution in [3.63, 3.8) is 0 Å². The average molecular weight is 289 g/mol. The molecule has 1 unspecified atom stereocenters. The lowest BCUT2D eigenvalue weighted by Crippen LogP contribution is -2.40. The molecule has 7 heteroatoms. The molecule has 0 saturated carbocycles. The van der Waals surface area contributed by atoms with Crippen molar-refractivity contribution >= 4 is 11.9 Å². The van der Waals surface area contributed by atoms with Crippen LogP contribution >= 0.6 is 0 Å². The van der Waals surface area contributed by atoms with Crippen molar-refractivity contribution in [2.75, 3.05) is 7.05 Å². The zero-order valence-electron chi connectivity index (χ0n) is 11.9. The minimum Gasteiger partial charge on any atom is -0.480 e. The molecule has 0 saturated heterocycles. The van der Waals surface area contributed by atoms with Crippen LogP contribution in [0.4, 0.5) is 0 Å². The molecule has 1 amide bonds. The van der Waals surface area contributed by atoms with E-state index in [2.05, 4.69) is 10.1 Å². The lowest BCUT2D eigenvalue weighted by Gasteiger charge is -2.21. The largest absolute Gasteiger partial charge is 0.480 e. The van der Waals surface area contributed by atoms with Crippen molar-refractivity contribution in [3.05, 3.63) is 35.7 Å². The van der Waals surface area contributed by atoms with Gasteiger partial charge in [0.05, 0.1) is 5.69 Å². The highest BCUT2D eigenvalue weighted by atomic mass is 16.5. The van der Waals surface area contributed by atoms with Crippen LogP contribution in [0.5, 0.6) is 0 Å². The van der Waals surface area contributed by atoms with Gasteiger partial charge >= 0.3 is 5.97 Å². The third-order valence-electron chi connectivity index (χ3n) is 3.24. The maximum Gasteiger partial charge on any atom is 0.326 e. The minimum atomic E-state index is -1.08. The van der Waals surface area contributed by atoms with Crippen molar-refractivity contribution in [1.29, 1.82) is 0 Å². The summed E-state index contributed by atoms with van der Waals surface area (Å²) in [5.41, 5.74) is 1.03. The first-order chi connectivity index (χ1) is 9.93. The molecule has 0 radical (unpaired) electrons. The summed E-state index contributed by atoms with van der Waals surface area (Å²) in [6.45, 7) is 3.04. The predicted octanol–water partition coefficient (Wildman–Crippen LogP) is 1.59. The summed E-state index contributed by atoms with van der Waals surface area (Å²) in [6, 6.07) is 4.26. The Morgan fingerprint density at radius 2 is 2.10 bits per heavy atom. The number of likely N-dealkylation sites (N-methyl/N-ethyl adjacent to an activating group) is 1. The highest BCUT2D eigenvalue weighted by Gasteiger charge is 2.29. The number of pyridine rings is 1. The Bertz CT molecular complexity index is 666. The highest BCUT2D eigenvalue weighted by molar-refractivity contribution is 6.01. The molecule has 2 heterocycles. The standard InChI is InChI=1S/C14H15N3O4/c1-8(14(19)20)17(3)13(18)11-9(2)21-16-12(11)10-6-4-5-7-15-10/h4-8H,1-3H3,(H,19,20). The number of aliphatic carboxylic acids is 1. The van der Waals surface area contributed by atoms with Gasteiger partial charge in [-0.1, -0.05) is 11.2 Å². The van der Waals surface area contributed by atoms with Crippen LogP contribution in [0.15, 0.2) is 28.9 Å². The molecule has 110 valence electrons. The van der Waals surface area contributed by atoms with E-state index in [0.717, 1.165) is 4.90 Å². The molecule has 7 nitrogen and oxygen atoms in total. The number of hydrogen-bond acceptors (Lipinski definition) is 5. The number of rotatable bonds is 4. The molecular formula is C14H15N3O4. The molecule has 0 aromatic carbocycles. The number of nitrogens with zero attached hydrogens (tertiary/aromatic N) is 3. The second-order valence-corrected chi connectivity index (χ2v) is 4.61. The van der Waals surface area contributed by atoms with Gasteiger partial charge in [-0.2, -0.15) is 0 Å². The molecule has 0 spiro atoms. The van der Waals surface area contributed by atoms with E-state index in [4.69, 9.17) is 9.63 Å². The van der Waals surface area contributed by atoms with Crippen LogP contribution < -0.4 is 0 Å². The minimum absolute atomic E-state index is 0.226. The average Bonchev–Trinajstić information content (AvgIpc) is 2.87. The Morgan fingerprint density at radius 1 is 1.38 bits per heavy atom. The second kappa shape index (κ2) is 5.74. The monoisotopic (exact) mass is 289 g/mol. The summed E-state index contributed by atoms with van der Waals surface area (Å²) in [7, 11) is 1.43. The maximum absolute atomic E-state index is 12.5. The Morgan fingerprint density at radius 3 is 2.67 bits per heavy atom. The van der Waals surface area contributed by atoms with E-state index in [9.17, 15) is 9.59 Å². The van der Waals surface area contributed by atoms with Gasteiger partial charge in [0.1, 0.15) is 23.1 Å². The van der Waals surface area contributed by atoms with E-state index >= 15 is 0 Å². The number of hydrogen-bond donors (Lipinski definition) is 1. The summed E-state index contributed by atoms with van der Waals surface area (Å²) in [4.78, 5) is 28.8. The lowest BCUT2D eigenvalue weighted by molar-refractivity contribution is -0.141. The number of aryl methyl sites for hydroxylation is 1. The third kappa shape index (κ3) is 2.76. The van der Waals surface area contributed by atoms with Gasteiger partial charge in [0.25, 0.3) is 5.91 Å². The molecule has 2 rings (SSSR count). The van der Waals surface area contributed by atoms with Crippen molar-refractivity contribution in [3.8, 4) is 11.4 Å². The summed E-state index contributed by atoms with van der Waals surface area (Å²) in [5.74, 6) is -1.23. The fourth-order valence-corrected chi connectivity index (χ4v) is 1.82. The Kier molecular flexibility index (Phi) is 4.02. The van der Waals surface area contributed by atoms with Gasteiger partial charge in [-0.05, 0) is 26.0 Å². The fourth-order valence-electron chi connectivity index (χ4n) is 1.82. The quantitative estimate of drug-likeness (QED) is 0.918. The number of carbonyl (C=O) groups excluding carboxylic acids is 1. The van der Waals surface area contributed by atoms with E-state index < -0.39 is 17.9 Å². The van der Waals surface area contributed by atoms with Gasteiger partial charge in [0, 0.05) is 13.2 Å². The zero-order chi connectivity index (χ0) is 15.6. The van der Waals surface area contributed by atoms with Crippen LogP contribution in [0.3, 0.4) is 0 Å². The molecule has 1 atom stereocenters. The van der Waals surface area contributed by atoms with Gasteiger partial charge < -0.3 is 14.5 Å². The molecule has 0 aliphatic rings. The van der Waals surface area contributed by atoms with Gasteiger partial charge in [-0.3, -0.25) is 9.78 Å². The van der Waals surface area contributed by atoms with Crippen LogP contribution in [-0.2, 0) is 4.79 Å². The zero-order valence-corrected chi connectivity index (χ0v) is 11.9. The Balaban J connectivity index is 2.43. The topological polar surface area (TPSA) is 96.5 Å². The fraction of sp³-hybridized carbons (Fsp3) is 0.286. The number of carbonyl (C=O) groups is 2. The molecule has 0 aliphatic heterocycles. The predicted molar refractivity (Wildman–Crippen MR) is 73.7 cm³/mol. The number of aromatic nitrogens is 2. The molecule has 1 N–H and O–H groups in total. The van der Waals surface area contributed by atoms with Crippen molar-refractivity contribution in [2.24, 2.45) is 0 Å². The second-order valence-electron chi connectivity index (χ2n) is 4.61. The van der Waals surface area contributed by atoms with E-state index in [0.29, 0.717) is 17.1 Å². The van der Waals surface area contributed by atoms with Crippen molar-refractivity contribution in [1.82, 2.24) is 15.0 Å². The summed E-state index contributed by atoms with van der Waals surface area (Å²) < 4.78 is 5.08. The SMILES string of the molecule is Cc1onc(-c2ccccn2)c1C(=O)N(C)C(C)C(=O)O. The van der Waals surface area contributed by atoms with Crippen molar-refractivity contribution < 1.29 is 19.2 Å². The van der Waals surface area contributed by atoms with Gasteiger partial charge in [0.2, 0.25) is 0 Å². The molecule has 2 aromatic heterocycles. The Hall–Kier alpha value is -2.70. The van der Waals surface area contributed by atoms with Crippen LogP contribution in [0, 0.1) is 6.92 Å². The first-order valence-electron chi connectivity index (χ1n) is 6.31. The molecule has 0 fully saturated rings. The van der Waals surface area contributed by atoms with E-state index in [-0.39, 0.29) is 5.56 Å². The van der Waals surface area contributed by atoms with Crippen LogP contribution in [0.25, 0.3) is 11.4 Å². The lowest BCUT2D eigenvalue weighted by atomic mass is 10.1. The summed E-state index contributed by atoms with van der Waals surface area (Å²) in [6.07, 6.45) is 1.58. The first-order valence-corrected chi connectivity index (χ1v) is 6.31. The smallest absolute Gasteiger partial charge is 0.326 e. The van der Waals surface area contributed by atoms with Crippen LogP contribution in [-0.4, -0.2) is 45.1 Å². The van der Waals surface area contributed by atoms with Gasteiger partial charge in [-0.15, -0.1) is 0 Å². The van der Waals surface area contributed by atoms with Crippen molar-refractivity contribution in [2.45, 2.75) is 19.9 Å². The number of carboxylic acid groups (broad SMARTS) is 1. The molecule has 2 aromatic rings. The highest BCUT2D eigenvalue weighted by Crippen LogP contribution is 2.25. The van der Waals surface area contributed by atoms with Crippen LogP contribution in [0.1, 0.15) is 23.0 Å². The van der Waals surface area contributed by atoms with E-state index in [1.54, 1.807) is 31.3 Å². The van der Waals surface area contributed by atoms with E-state index in [1.807, 2.05) is 0 Å². The van der Waals surface area contributed by atoms with E-state index in [1.165, 1.54) is 14.0 Å². The molecule has 0 aliphatic carbocycles. The molecular weight excluding hydrogens is 274 g/mol. The van der Waals surface area contributed by atoms with Gasteiger partial charge in [0.15, 0.2) is 0 Å². The number of carboxylic acids is 1. The Labute approximate surface area is 121 Å². The number of amides is 1.